The van der Waals surface area contributed by atoms with Crippen LogP contribution in [-0.2, 0) is 0 Å². The molecule has 0 saturated heterocycles. The van der Waals surface area contributed by atoms with Crippen LogP contribution in [0.3, 0.4) is 0 Å². The highest BCUT2D eigenvalue weighted by atomic mass is 16.5. The van der Waals surface area contributed by atoms with Gasteiger partial charge in [-0.05, 0) is 32.4 Å². The summed E-state index contributed by atoms with van der Waals surface area (Å²) in [6.45, 7) is 7.29. The van der Waals surface area contributed by atoms with E-state index in [1.807, 2.05) is 32.9 Å². The van der Waals surface area contributed by atoms with Crippen LogP contribution in [0.5, 0.6) is 6.01 Å². The highest BCUT2D eigenvalue weighted by Gasteiger charge is 2.09. The molecule has 0 aliphatic rings. The Morgan fingerprint density at radius 1 is 1.15 bits per heavy atom. The van der Waals surface area contributed by atoms with Crippen molar-refractivity contribution in [2.45, 2.75) is 27.2 Å². The van der Waals surface area contributed by atoms with Gasteiger partial charge in [0.15, 0.2) is 5.82 Å². The van der Waals surface area contributed by atoms with E-state index in [9.17, 15) is 0 Å². The Morgan fingerprint density at radius 2 is 2.00 bits per heavy atom. The normalized spacial score (nSPS) is 10.3. The number of aromatic nitrogens is 4. The Morgan fingerprint density at radius 3 is 2.65 bits per heavy atom. The van der Waals surface area contributed by atoms with E-state index in [1.165, 1.54) is 0 Å². The van der Waals surface area contributed by atoms with E-state index in [1.54, 1.807) is 6.20 Å². The van der Waals surface area contributed by atoms with Crippen molar-refractivity contribution in [2.75, 3.05) is 18.5 Å². The predicted molar refractivity (Wildman–Crippen MR) is 77.7 cm³/mol. The van der Waals surface area contributed by atoms with E-state index in [2.05, 4.69) is 25.3 Å². The predicted octanol–water partition coefficient (Wildman–Crippen LogP) is 2.46. The first-order valence-corrected chi connectivity index (χ1v) is 6.78. The van der Waals surface area contributed by atoms with E-state index in [-0.39, 0.29) is 0 Å². The molecule has 106 valence electrons. The van der Waals surface area contributed by atoms with Crippen molar-refractivity contribution in [1.82, 2.24) is 19.9 Å². The molecule has 6 nitrogen and oxygen atoms in total. The fourth-order valence-corrected chi connectivity index (χ4v) is 1.58. The standard InChI is InChI=1S/C14H19N5O/c1-4-8-20-14-18-12(17-13(19-14)15-5-2)11-7-6-10(3)16-9-11/h6-7,9H,4-5,8H2,1-3H3,(H,15,17,18,19). The van der Waals surface area contributed by atoms with Crippen LogP contribution < -0.4 is 10.1 Å². The van der Waals surface area contributed by atoms with Crippen LogP contribution in [0.25, 0.3) is 11.4 Å². The van der Waals surface area contributed by atoms with E-state index < -0.39 is 0 Å². The Hall–Kier alpha value is -2.24. The summed E-state index contributed by atoms with van der Waals surface area (Å²) in [6.07, 6.45) is 2.66. The number of ether oxygens (including phenoxy) is 1. The number of rotatable bonds is 6. The van der Waals surface area contributed by atoms with Crippen LogP contribution in [0.2, 0.25) is 0 Å². The van der Waals surface area contributed by atoms with Gasteiger partial charge < -0.3 is 10.1 Å². The SMILES string of the molecule is CCCOc1nc(NCC)nc(-c2ccc(C)nc2)n1. The molecule has 0 atom stereocenters. The molecule has 0 saturated carbocycles. The monoisotopic (exact) mass is 273 g/mol. The summed E-state index contributed by atoms with van der Waals surface area (Å²) in [5.74, 6) is 1.08. The third-order valence-electron chi connectivity index (χ3n) is 2.55. The lowest BCUT2D eigenvalue weighted by atomic mass is 10.2. The molecule has 0 spiro atoms. The maximum Gasteiger partial charge on any atom is 0.321 e. The number of anilines is 1. The fourth-order valence-electron chi connectivity index (χ4n) is 1.58. The van der Waals surface area contributed by atoms with Crippen LogP contribution in [0.1, 0.15) is 26.0 Å². The summed E-state index contributed by atoms with van der Waals surface area (Å²) in [7, 11) is 0. The van der Waals surface area contributed by atoms with Gasteiger partial charge in [-0.1, -0.05) is 6.92 Å². The quantitative estimate of drug-likeness (QED) is 0.871. The molecule has 2 aromatic rings. The number of aryl methyl sites for hydroxylation is 1. The lowest BCUT2D eigenvalue weighted by Gasteiger charge is -2.08. The fraction of sp³-hybridized carbons (Fsp3) is 0.429. The molecule has 1 N–H and O–H groups in total. The molecule has 0 unspecified atom stereocenters. The van der Waals surface area contributed by atoms with Gasteiger partial charge in [-0.2, -0.15) is 15.0 Å². The highest BCUT2D eigenvalue weighted by Crippen LogP contribution is 2.18. The highest BCUT2D eigenvalue weighted by molar-refractivity contribution is 5.55. The first-order valence-electron chi connectivity index (χ1n) is 6.78. The summed E-state index contributed by atoms with van der Waals surface area (Å²) in [5, 5.41) is 3.08. The van der Waals surface area contributed by atoms with Crippen LogP contribution in [-0.4, -0.2) is 33.1 Å². The molecule has 2 heterocycles. The Bertz CT molecular complexity index is 556. The van der Waals surface area contributed by atoms with Crippen molar-refractivity contribution in [3.63, 3.8) is 0 Å². The van der Waals surface area contributed by atoms with Gasteiger partial charge in [0.25, 0.3) is 0 Å². The molecule has 0 fully saturated rings. The molecule has 2 rings (SSSR count). The molecule has 0 aliphatic heterocycles. The summed E-state index contributed by atoms with van der Waals surface area (Å²) in [6, 6.07) is 4.21. The summed E-state index contributed by atoms with van der Waals surface area (Å²) in [4.78, 5) is 17.2. The van der Waals surface area contributed by atoms with Gasteiger partial charge in [-0.15, -0.1) is 0 Å². The van der Waals surface area contributed by atoms with Crippen molar-refractivity contribution in [3.8, 4) is 17.4 Å². The lowest BCUT2D eigenvalue weighted by Crippen LogP contribution is -2.08. The van der Waals surface area contributed by atoms with Crippen LogP contribution >= 0.6 is 0 Å². The van der Waals surface area contributed by atoms with E-state index >= 15 is 0 Å². The summed E-state index contributed by atoms with van der Waals surface area (Å²) >= 11 is 0. The Kier molecular flexibility index (Phi) is 4.81. The van der Waals surface area contributed by atoms with Crippen LogP contribution in [0.15, 0.2) is 18.3 Å². The number of nitrogens with one attached hydrogen (secondary N) is 1. The van der Waals surface area contributed by atoms with Gasteiger partial charge in [-0.3, -0.25) is 4.98 Å². The molecular weight excluding hydrogens is 254 g/mol. The molecule has 0 aromatic carbocycles. The van der Waals surface area contributed by atoms with Crippen molar-refractivity contribution in [2.24, 2.45) is 0 Å². The zero-order valence-corrected chi connectivity index (χ0v) is 12.1. The maximum atomic E-state index is 5.51. The van der Waals surface area contributed by atoms with Gasteiger partial charge in [0.1, 0.15) is 0 Å². The Labute approximate surface area is 118 Å². The first-order chi connectivity index (χ1) is 9.72. The maximum absolute atomic E-state index is 5.51. The minimum Gasteiger partial charge on any atom is -0.463 e. The number of hydrogen-bond donors (Lipinski definition) is 1. The number of nitrogens with zero attached hydrogens (tertiary/aromatic N) is 4. The molecule has 2 aromatic heterocycles. The Balaban J connectivity index is 2.34. The molecule has 6 heteroatoms. The molecule has 0 radical (unpaired) electrons. The smallest absolute Gasteiger partial charge is 0.321 e. The van der Waals surface area contributed by atoms with Crippen molar-refractivity contribution < 1.29 is 4.74 Å². The van der Waals surface area contributed by atoms with Gasteiger partial charge in [0.05, 0.1) is 6.61 Å². The summed E-state index contributed by atoms with van der Waals surface area (Å²) in [5.41, 5.74) is 1.80. The third-order valence-corrected chi connectivity index (χ3v) is 2.55. The minimum atomic E-state index is 0.341. The average molecular weight is 273 g/mol. The zero-order valence-electron chi connectivity index (χ0n) is 12.1. The topological polar surface area (TPSA) is 72.8 Å². The van der Waals surface area contributed by atoms with Gasteiger partial charge >= 0.3 is 6.01 Å². The van der Waals surface area contributed by atoms with Crippen LogP contribution in [0, 0.1) is 6.92 Å². The lowest BCUT2D eigenvalue weighted by molar-refractivity contribution is 0.292. The first kappa shape index (κ1) is 14.2. The summed E-state index contributed by atoms with van der Waals surface area (Å²) < 4.78 is 5.51. The number of pyridine rings is 1. The van der Waals surface area contributed by atoms with E-state index in [0.29, 0.717) is 24.4 Å². The van der Waals surface area contributed by atoms with Crippen molar-refractivity contribution >= 4 is 5.95 Å². The molecule has 0 amide bonds. The largest absolute Gasteiger partial charge is 0.463 e. The zero-order chi connectivity index (χ0) is 14.4. The van der Waals surface area contributed by atoms with Crippen molar-refractivity contribution in [3.05, 3.63) is 24.0 Å². The van der Waals surface area contributed by atoms with E-state index in [0.717, 1.165) is 24.2 Å². The van der Waals surface area contributed by atoms with Gasteiger partial charge in [-0.25, -0.2) is 0 Å². The molecule has 20 heavy (non-hydrogen) atoms. The van der Waals surface area contributed by atoms with Crippen LogP contribution in [0.4, 0.5) is 5.95 Å². The second-order valence-corrected chi connectivity index (χ2v) is 4.33. The number of hydrogen-bond acceptors (Lipinski definition) is 6. The third kappa shape index (κ3) is 3.63. The van der Waals surface area contributed by atoms with E-state index in [4.69, 9.17) is 4.74 Å². The van der Waals surface area contributed by atoms with Gasteiger partial charge in [0, 0.05) is 24.0 Å². The second kappa shape index (κ2) is 6.79. The van der Waals surface area contributed by atoms with Crippen molar-refractivity contribution in [1.29, 1.82) is 0 Å². The second-order valence-electron chi connectivity index (χ2n) is 4.33. The van der Waals surface area contributed by atoms with Gasteiger partial charge in [0.2, 0.25) is 5.95 Å². The minimum absolute atomic E-state index is 0.341. The molecule has 0 bridgehead atoms. The molecule has 0 aliphatic carbocycles. The average Bonchev–Trinajstić information content (AvgIpc) is 2.46. The molecular formula is C14H19N5O.